The molecule has 0 saturated carbocycles. The Bertz CT molecular complexity index is 1570. The molecule has 0 spiro atoms. The monoisotopic (exact) mass is 588 g/mol. The summed E-state index contributed by atoms with van der Waals surface area (Å²) in [5, 5.41) is 3.27. The molecule has 2 atom stereocenters. The second kappa shape index (κ2) is 12.5. The van der Waals surface area contributed by atoms with Gasteiger partial charge in [-0.25, -0.2) is 9.37 Å². The van der Waals surface area contributed by atoms with Crippen molar-refractivity contribution in [2.24, 2.45) is 5.41 Å². The SMILES string of the molecule is CC(C)(C)CN1C(=O)C(CC(=O)NCc2ccccc2F)OC(c2cccc(Cn3ccnc3)c2)c2cc(Cl)ccc21. The molecule has 1 aromatic heterocycles. The van der Waals surface area contributed by atoms with Gasteiger partial charge >= 0.3 is 0 Å². The Morgan fingerprint density at radius 3 is 2.64 bits per heavy atom. The Morgan fingerprint density at radius 1 is 1.10 bits per heavy atom. The summed E-state index contributed by atoms with van der Waals surface area (Å²) in [6, 6.07) is 19.6. The summed E-state index contributed by atoms with van der Waals surface area (Å²) in [5.41, 5.74) is 3.42. The minimum Gasteiger partial charge on any atom is -0.355 e. The van der Waals surface area contributed by atoms with Gasteiger partial charge in [0, 0.05) is 53.9 Å². The number of hydrogen-bond acceptors (Lipinski definition) is 4. The maximum absolute atomic E-state index is 14.1. The van der Waals surface area contributed by atoms with E-state index in [0.29, 0.717) is 29.4 Å². The van der Waals surface area contributed by atoms with Gasteiger partial charge in [0.2, 0.25) is 5.91 Å². The Balaban J connectivity index is 1.50. The molecule has 1 aliphatic heterocycles. The van der Waals surface area contributed by atoms with Crippen LogP contribution in [0.15, 0.2) is 85.5 Å². The topological polar surface area (TPSA) is 76.5 Å². The molecule has 3 aromatic carbocycles. The highest BCUT2D eigenvalue weighted by atomic mass is 35.5. The third-order valence-electron chi connectivity index (χ3n) is 7.02. The molecular weight excluding hydrogens is 555 g/mol. The van der Waals surface area contributed by atoms with Crippen molar-refractivity contribution in [3.05, 3.63) is 119 Å². The van der Waals surface area contributed by atoms with Crippen molar-refractivity contribution in [2.45, 2.75) is 52.5 Å². The molecule has 1 aliphatic rings. The number of nitrogens with zero attached hydrogens (tertiary/aromatic N) is 3. The number of rotatable bonds is 8. The lowest BCUT2D eigenvalue weighted by Gasteiger charge is -2.31. The zero-order valence-corrected chi connectivity index (χ0v) is 24.6. The Labute approximate surface area is 250 Å². The third kappa shape index (κ3) is 7.06. The number of imidazole rings is 1. The highest BCUT2D eigenvalue weighted by Gasteiger charge is 2.39. The number of anilines is 1. The van der Waals surface area contributed by atoms with Gasteiger partial charge in [-0.3, -0.25) is 9.59 Å². The van der Waals surface area contributed by atoms with Gasteiger partial charge in [0.1, 0.15) is 18.0 Å². The van der Waals surface area contributed by atoms with Crippen LogP contribution in [0.5, 0.6) is 0 Å². The molecule has 42 heavy (non-hydrogen) atoms. The average molecular weight is 589 g/mol. The number of aromatic nitrogens is 2. The summed E-state index contributed by atoms with van der Waals surface area (Å²) in [6.07, 6.45) is 3.40. The molecule has 2 unspecified atom stereocenters. The first kappa shape index (κ1) is 29.5. The van der Waals surface area contributed by atoms with Gasteiger partial charge in [0.05, 0.1) is 12.7 Å². The van der Waals surface area contributed by atoms with Crippen molar-refractivity contribution in [1.29, 1.82) is 0 Å². The molecule has 0 bridgehead atoms. The normalized spacial score (nSPS) is 17.1. The number of carbonyl (C=O) groups excluding carboxylic acids is 2. The lowest BCUT2D eigenvalue weighted by molar-refractivity contribution is -0.138. The summed E-state index contributed by atoms with van der Waals surface area (Å²) in [7, 11) is 0. The van der Waals surface area contributed by atoms with E-state index in [0.717, 1.165) is 16.7 Å². The molecule has 0 fully saturated rings. The van der Waals surface area contributed by atoms with Crippen LogP contribution in [0.3, 0.4) is 0 Å². The molecule has 2 amide bonds. The lowest BCUT2D eigenvalue weighted by Crippen LogP contribution is -2.45. The van der Waals surface area contributed by atoms with E-state index in [1.165, 1.54) is 6.07 Å². The van der Waals surface area contributed by atoms with E-state index in [-0.39, 0.29) is 24.3 Å². The number of halogens is 2. The highest BCUT2D eigenvalue weighted by Crippen LogP contribution is 2.41. The minimum atomic E-state index is -1.08. The highest BCUT2D eigenvalue weighted by molar-refractivity contribution is 6.30. The number of benzene rings is 3. The summed E-state index contributed by atoms with van der Waals surface area (Å²) < 4.78 is 22.7. The van der Waals surface area contributed by atoms with Crippen molar-refractivity contribution < 1.29 is 18.7 Å². The second-order valence-electron chi connectivity index (χ2n) is 11.7. The molecule has 7 nitrogen and oxygen atoms in total. The van der Waals surface area contributed by atoms with E-state index in [9.17, 15) is 14.0 Å². The lowest BCUT2D eigenvalue weighted by atomic mass is 9.94. The fourth-order valence-electron chi connectivity index (χ4n) is 5.12. The van der Waals surface area contributed by atoms with Crippen LogP contribution in [0.25, 0.3) is 0 Å². The Hall–Kier alpha value is -4.01. The fraction of sp³-hybridized carbons (Fsp3) is 0.303. The first-order valence-electron chi connectivity index (χ1n) is 13.9. The van der Waals surface area contributed by atoms with Crippen LogP contribution in [0.2, 0.25) is 5.02 Å². The number of nitrogens with one attached hydrogen (secondary N) is 1. The number of carbonyl (C=O) groups is 2. The van der Waals surface area contributed by atoms with Crippen LogP contribution in [-0.4, -0.2) is 34.0 Å². The van der Waals surface area contributed by atoms with Crippen LogP contribution in [0.4, 0.5) is 10.1 Å². The van der Waals surface area contributed by atoms with Crippen LogP contribution < -0.4 is 10.2 Å². The molecular formula is C33H34ClFN4O3. The van der Waals surface area contributed by atoms with Crippen molar-refractivity contribution in [3.63, 3.8) is 0 Å². The summed E-state index contributed by atoms with van der Waals surface area (Å²) in [4.78, 5) is 33.1. The van der Waals surface area contributed by atoms with Gasteiger partial charge < -0.3 is 19.5 Å². The van der Waals surface area contributed by atoms with Gasteiger partial charge in [-0.1, -0.05) is 74.8 Å². The van der Waals surface area contributed by atoms with Crippen molar-refractivity contribution >= 4 is 29.1 Å². The first-order valence-corrected chi connectivity index (χ1v) is 14.3. The summed E-state index contributed by atoms with van der Waals surface area (Å²) in [6.45, 7) is 7.18. The zero-order chi connectivity index (χ0) is 29.9. The summed E-state index contributed by atoms with van der Waals surface area (Å²) in [5.74, 6) is -1.13. The molecule has 0 radical (unpaired) electrons. The molecule has 5 rings (SSSR count). The number of ether oxygens (including phenoxy) is 1. The smallest absolute Gasteiger partial charge is 0.256 e. The maximum Gasteiger partial charge on any atom is 0.256 e. The third-order valence-corrected chi connectivity index (χ3v) is 7.25. The minimum absolute atomic E-state index is 0.00762. The first-order chi connectivity index (χ1) is 20.1. The van der Waals surface area contributed by atoms with E-state index in [4.69, 9.17) is 16.3 Å². The van der Waals surface area contributed by atoms with Crippen molar-refractivity contribution in [3.8, 4) is 0 Å². The number of fused-ring (bicyclic) bond motifs is 1. The van der Waals surface area contributed by atoms with Gasteiger partial charge in [-0.2, -0.15) is 0 Å². The predicted octanol–water partition coefficient (Wildman–Crippen LogP) is 6.30. The second-order valence-corrected chi connectivity index (χ2v) is 12.2. The van der Waals surface area contributed by atoms with Crippen LogP contribution in [0.1, 0.15) is 55.5 Å². The number of hydrogen-bond donors (Lipinski definition) is 1. The van der Waals surface area contributed by atoms with Gasteiger partial charge in [-0.15, -0.1) is 0 Å². The average Bonchev–Trinajstić information content (AvgIpc) is 3.43. The largest absolute Gasteiger partial charge is 0.355 e. The zero-order valence-electron chi connectivity index (χ0n) is 23.9. The van der Waals surface area contributed by atoms with E-state index >= 15 is 0 Å². The Kier molecular flexibility index (Phi) is 8.75. The van der Waals surface area contributed by atoms with Crippen molar-refractivity contribution in [2.75, 3.05) is 11.4 Å². The fourth-order valence-corrected chi connectivity index (χ4v) is 5.30. The van der Waals surface area contributed by atoms with Crippen molar-refractivity contribution in [1.82, 2.24) is 14.9 Å². The molecule has 2 heterocycles. The molecule has 9 heteroatoms. The molecule has 218 valence electrons. The van der Waals surface area contributed by atoms with Crippen LogP contribution in [-0.2, 0) is 27.4 Å². The molecule has 4 aromatic rings. The predicted molar refractivity (Wildman–Crippen MR) is 161 cm³/mol. The van der Waals surface area contributed by atoms with Gasteiger partial charge in [0.15, 0.2) is 0 Å². The van der Waals surface area contributed by atoms with E-state index in [1.807, 2.05) is 47.2 Å². The van der Waals surface area contributed by atoms with Crippen LogP contribution in [0, 0.1) is 11.2 Å². The molecule has 1 N–H and O–H groups in total. The maximum atomic E-state index is 14.1. The van der Waals surface area contributed by atoms with Gasteiger partial charge in [-0.05, 0) is 40.8 Å². The van der Waals surface area contributed by atoms with Gasteiger partial charge in [0.25, 0.3) is 5.91 Å². The Morgan fingerprint density at radius 2 is 1.90 bits per heavy atom. The standard InChI is InChI=1S/C33H34ClFN4O3/c1-33(2,3)20-39-28-12-11-25(34)16-26(28)31(23-9-6-7-22(15-23)19-38-14-13-36-21-38)42-29(32(39)41)17-30(40)37-18-24-8-4-5-10-27(24)35/h4-16,21,29,31H,17-20H2,1-3H3,(H,37,40). The van der Waals surface area contributed by atoms with E-state index in [2.05, 4.69) is 31.1 Å². The number of amides is 2. The van der Waals surface area contributed by atoms with E-state index in [1.54, 1.807) is 41.7 Å². The van der Waals surface area contributed by atoms with E-state index < -0.39 is 23.9 Å². The van der Waals surface area contributed by atoms with Crippen LogP contribution >= 0.6 is 11.6 Å². The quantitative estimate of drug-likeness (QED) is 0.262. The summed E-state index contributed by atoms with van der Waals surface area (Å²) >= 11 is 6.49. The molecule has 0 saturated heterocycles. The molecule has 0 aliphatic carbocycles.